The van der Waals surface area contributed by atoms with Gasteiger partial charge in [0.05, 0.1) is 17.9 Å². The maximum absolute atomic E-state index is 4.52. The summed E-state index contributed by atoms with van der Waals surface area (Å²) in [4.78, 5) is 8.84. The largest absolute Gasteiger partial charge is 0.255 e. The van der Waals surface area contributed by atoms with Gasteiger partial charge in [-0.25, -0.2) is 9.13 Å². The van der Waals surface area contributed by atoms with Crippen molar-refractivity contribution in [2.45, 2.75) is 32.9 Å². The number of rotatable bonds is 6. The first kappa shape index (κ1) is 14.4. The Bertz CT molecular complexity index is 701. The van der Waals surface area contributed by atoms with Crippen LogP contribution in [0.5, 0.6) is 0 Å². The van der Waals surface area contributed by atoms with E-state index in [1.165, 1.54) is 18.4 Å². The van der Waals surface area contributed by atoms with Crippen molar-refractivity contribution in [2.24, 2.45) is 0 Å². The van der Waals surface area contributed by atoms with Crippen molar-refractivity contribution in [3.05, 3.63) is 67.0 Å². The molecule has 0 bridgehead atoms. The van der Waals surface area contributed by atoms with Crippen LogP contribution in [0.3, 0.4) is 0 Å². The van der Waals surface area contributed by atoms with Gasteiger partial charge < -0.3 is 0 Å². The van der Waals surface area contributed by atoms with E-state index in [2.05, 4.69) is 50.8 Å². The van der Waals surface area contributed by atoms with Crippen molar-refractivity contribution in [3.8, 4) is 11.4 Å². The molecule has 0 aliphatic heterocycles. The van der Waals surface area contributed by atoms with Gasteiger partial charge in [0.15, 0.2) is 0 Å². The summed E-state index contributed by atoms with van der Waals surface area (Å²) in [6.45, 7) is 4.14. The lowest BCUT2D eigenvalue weighted by Gasteiger charge is -2.01. The SMILES string of the molecule is CCCCn1cc[n+](Cc2ccc(-c3ccccn3)nc2)c1. The lowest BCUT2D eigenvalue weighted by atomic mass is 10.2. The first-order chi connectivity index (χ1) is 10.8. The molecule has 0 saturated heterocycles. The minimum atomic E-state index is 0.842. The third-order valence-corrected chi connectivity index (χ3v) is 3.63. The molecule has 4 nitrogen and oxygen atoms in total. The highest BCUT2D eigenvalue weighted by atomic mass is 15.1. The average Bonchev–Trinajstić information content (AvgIpc) is 3.02. The third-order valence-electron chi connectivity index (χ3n) is 3.63. The number of aromatic nitrogens is 4. The first-order valence-electron chi connectivity index (χ1n) is 7.76. The second-order valence-corrected chi connectivity index (χ2v) is 5.44. The minimum Gasteiger partial charge on any atom is -0.255 e. The van der Waals surface area contributed by atoms with Gasteiger partial charge in [-0.2, -0.15) is 0 Å². The number of imidazole rings is 1. The average molecular weight is 293 g/mol. The summed E-state index contributed by atoms with van der Waals surface area (Å²) >= 11 is 0. The van der Waals surface area contributed by atoms with Crippen LogP contribution in [0.15, 0.2) is 61.4 Å². The van der Waals surface area contributed by atoms with Crippen molar-refractivity contribution in [3.63, 3.8) is 0 Å². The summed E-state index contributed by atoms with van der Waals surface area (Å²) in [5.41, 5.74) is 3.01. The van der Waals surface area contributed by atoms with E-state index in [4.69, 9.17) is 0 Å². The van der Waals surface area contributed by atoms with Crippen LogP contribution < -0.4 is 4.57 Å². The van der Waals surface area contributed by atoms with E-state index in [0.29, 0.717) is 0 Å². The van der Waals surface area contributed by atoms with Crippen LogP contribution in [0.1, 0.15) is 25.3 Å². The molecule has 0 N–H and O–H groups in total. The van der Waals surface area contributed by atoms with E-state index in [-0.39, 0.29) is 0 Å². The topological polar surface area (TPSA) is 34.6 Å². The summed E-state index contributed by atoms with van der Waals surface area (Å²) in [5, 5.41) is 0. The van der Waals surface area contributed by atoms with Gasteiger partial charge in [-0.15, -0.1) is 0 Å². The van der Waals surface area contributed by atoms with Gasteiger partial charge in [-0.1, -0.05) is 25.5 Å². The smallest absolute Gasteiger partial charge is 0.244 e. The molecule has 22 heavy (non-hydrogen) atoms. The van der Waals surface area contributed by atoms with Crippen LogP contribution in [0.25, 0.3) is 11.4 Å². The molecule has 3 aromatic rings. The quantitative estimate of drug-likeness (QED) is 0.655. The van der Waals surface area contributed by atoms with E-state index in [0.717, 1.165) is 24.5 Å². The molecule has 0 atom stereocenters. The van der Waals surface area contributed by atoms with Gasteiger partial charge in [-0.3, -0.25) is 9.97 Å². The van der Waals surface area contributed by atoms with E-state index in [1.807, 2.05) is 30.5 Å². The van der Waals surface area contributed by atoms with Gasteiger partial charge in [0.2, 0.25) is 6.33 Å². The maximum Gasteiger partial charge on any atom is 0.244 e. The zero-order chi connectivity index (χ0) is 15.2. The zero-order valence-electron chi connectivity index (χ0n) is 12.9. The zero-order valence-corrected chi connectivity index (χ0v) is 12.9. The number of aryl methyl sites for hydroxylation is 1. The van der Waals surface area contributed by atoms with Crippen LogP contribution in [0, 0.1) is 0 Å². The highest BCUT2D eigenvalue weighted by Gasteiger charge is 2.06. The van der Waals surface area contributed by atoms with Crippen molar-refractivity contribution in [1.82, 2.24) is 14.5 Å². The van der Waals surface area contributed by atoms with Gasteiger partial charge in [0.25, 0.3) is 0 Å². The number of nitrogens with zero attached hydrogens (tertiary/aromatic N) is 4. The summed E-state index contributed by atoms with van der Waals surface area (Å²) in [5.74, 6) is 0. The molecular weight excluding hydrogens is 272 g/mol. The Balaban J connectivity index is 1.67. The molecular formula is C18H21N4+. The molecule has 0 fully saturated rings. The van der Waals surface area contributed by atoms with E-state index in [9.17, 15) is 0 Å². The van der Waals surface area contributed by atoms with Crippen LogP contribution in [0.4, 0.5) is 0 Å². The van der Waals surface area contributed by atoms with Crippen LogP contribution in [0.2, 0.25) is 0 Å². The highest BCUT2D eigenvalue weighted by molar-refractivity contribution is 5.53. The molecule has 112 valence electrons. The number of pyridine rings is 2. The molecule has 0 saturated carbocycles. The predicted octanol–water partition coefficient (Wildman–Crippen LogP) is 3.08. The molecule has 0 aliphatic carbocycles. The van der Waals surface area contributed by atoms with E-state index in [1.54, 1.807) is 6.20 Å². The lowest BCUT2D eigenvalue weighted by Crippen LogP contribution is -2.31. The normalized spacial score (nSPS) is 10.8. The van der Waals surface area contributed by atoms with Gasteiger partial charge in [-0.05, 0) is 24.6 Å². The number of unbranched alkanes of at least 4 members (excludes halogenated alkanes) is 1. The predicted molar refractivity (Wildman–Crippen MR) is 86.1 cm³/mol. The van der Waals surface area contributed by atoms with Gasteiger partial charge >= 0.3 is 0 Å². The molecule has 4 heteroatoms. The lowest BCUT2D eigenvalue weighted by molar-refractivity contribution is -0.687. The Labute approximate surface area is 131 Å². The number of hydrogen-bond donors (Lipinski definition) is 0. The summed E-state index contributed by atoms with van der Waals surface area (Å²) in [6.07, 6.45) is 12.6. The molecule has 0 unspecified atom stereocenters. The summed E-state index contributed by atoms with van der Waals surface area (Å²) < 4.78 is 4.42. The van der Waals surface area contributed by atoms with Crippen LogP contribution in [-0.4, -0.2) is 14.5 Å². The van der Waals surface area contributed by atoms with E-state index >= 15 is 0 Å². The van der Waals surface area contributed by atoms with E-state index < -0.39 is 0 Å². The number of hydrogen-bond acceptors (Lipinski definition) is 2. The van der Waals surface area contributed by atoms with Crippen molar-refractivity contribution < 1.29 is 4.57 Å². The second kappa shape index (κ2) is 6.98. The molecule has 0 amide bonds. The fraction of sp³-hybridized carbons (Fsp3) is 0.278. The molecule has 0 radical (unpaired) electrons. The molecule has 0 aromatic carbocycles. The monoisotopic (exact) mass is 293 g/mol. The highest BCUT2D eigenvalue weighted by Crippen LogP contribution is 2.13. The van der Waals surface area contributed by atoms with Gasteiger partial charge in [0, 0.05) is 18.0 Å². The second-order valence-electron chi connectivity index (χ2n) is 5.44. The molecule has 3 heterocycles. The Kier molecular flexibility index (Phi) is 4.59. The molecule has 0 aliphatic rings. The Morgan fingerprint density at radius 1 is 1.09 bits per heavy atom. The van der Waals surface area contributed by atoms with Crippen molar-refractivity contribution in [1.29, 1.82) is 0 Å². The standard InChI is InChI=1S/C18H21N4/c1-2-3-10-21-11-12-22(15-21)14-16-7-8-18(20-13-16)17-6-4-5-9-19-17/h4-9,11-13,15H,2-3,10,14H2,1H3/q+1. The fourth-order valence-electron chi connectivity index (χ4n) is 2.40. The van der Waals surface area contributed by atoms with Crippen molar-refractivity contribution in [2.75, 3.05) is 0 Å². The fourth-order valence-corrected chi connectivity index (χ4v) is 2.40. The van der Waals surface area contributed by atoms with Gasteiger partial charge in [0.1, 0.15) is 18.9 Å². The summed E-state index contributed by atoms with van der Waals surface area (Å²) in [7, 11) is 0. The maximum atomic E-state index is 4.52. The third kappa shape index (κ3) is 3.58. The Hall–Kier alpha value is -2.49. The van der Waals surface area contributed by atoms with Crippen LogP contribution >= 0.6 is 0 Å². The first-order valence-corrected chi connectivity index (χ1v) is 7.76. The minimum absolute atomic E-state index is 0.842. The molecule has 3 aromatic heterocycles. The van der Waals surface area contributed by atoms with Crippen LogP contribution in [-0.2, 0) is 13.1 Å². The van der Waals surface area contributed by atoms with Crippen molar-refractivity contribution >= 4 is 0 Å². The molecule has 0 spiro atoms. The molecule has 3 rings (SSSR count). The Morgan fingerprint density at radius 3 is 2.73 bits per heavy atom. The summed E-state index contributed by atoms with van der Waals surface area (Å²) in [6, 6.07) is 10.0. The Morgan fingerprint density at radius 2 is 2.00 bits per heavy atom.